The van der Waals surface area contributed by atoms with Crippen LogP contribution >= 0.6 is 0 Å². The maximum absolute atomic E-state index is 12.1. The van der Waals surface area contributed by atoms with Gasteiger partial charge in [-0.25, -0.2) is 0 Å². The van der Waals surface area contributed by atoms with E-state index in [-0.39, 0.29) is 11.9 Å². The first kappa shape index (κ1) is 15.5. The minimum atomic E-state index is -0.831. The molecule has 1 N–H and O–H groups in total. The zero-order valence-corrected chi connectivity index (χ0v) is 11.9. The van der Waals surface area contributed by atoms with Gasteiger partial charge in [-0.1, -0.05) is 45.4 Å². The van der Waals surface area contributed by atoms with Gasteiger partial charge in [0.25, 0.3) is 0 Å². The van der Waals surface area contributed by atoms with Crippen LogP contribution in [0.25, 0.3) is 0 Å². The largest absolute Gasteiger partial charge is 0.466 e. The average molecular weight is 256 g/mol. The van der Waals surface area contributed by atoms with E-state index in [1.807, 2.05) is 6.92 Å². The van der Waals surface area contributed by atoms with Gasteiger partial charge < -0.3 is 9.84 Å². The topological polar surface area (TPSA) is 46.5 Å². The third-order valence-corrected chi connectivity index (χ3v) is 4.02. The highest BCUT2D eigenvalue weighted by Gasteiger charge is 2.41. The van der Waals surface area contributed by atoms with Gasteiger partial charge in [-0.05, 0) is 26.2 Å². The van der Waals surface area contributed by atoms with E-state index in [1.54, 1.807) is 0 Å². The minimum absolute atomic E-state index is 0.206. The summed E-state index contributed by atoms with van der Waals surface area (Å²) in [5.41, 5.74) is -0.831. The van der Waals surface area contributed by atoms with E-state index in [4.69, 9.17) is 4.74 Å². The van der Waals surface area contributed by atoms with Crippen molar-refractivity contribution in [2.24, 2.45) is 5.92 Å². The van der Waals surface area contributed by atoms with Crippen LogP contribution in [0.4, 0.5) is 0 Å². The lowest BCUT2D eigenvalue weighted by Crippen LogP contribution is -2.43. The second-order valence-electron chi connectivity index (χ2n) is 5.46. The number of aliphatic hydroxyl groups is 1. The molecule has 0 amide bonds. The number of ether oxygens (including phenoxy) is 1. The van der Waals surface area contributed by atoms with Crippen molar-refractivity contribution >= 4 is 5.97 Å². The van der Waals surface area contributed by atoms with Crippen molar-refractivity contribution in [3.05, 3.63) is 0 Å². The molecule has 0 spiro atoms. The summed E-state index contributed by atoms with van der Waals surface area (Å²) < 4.78 is 5.15. The second-order valence-corrected chi connectivity index (χ2v) is 5.46. The van der Waals surface area contributed by atoms with E-state index in [1.165, 1.54) is 19.3 Å². The van der Waals surface area contributed by atoms with Gasteiger partial charge in [0.2, 0.25) is 0 Å². The standard InChI is InChI=1S/C15H28O3/c1-3-10-13(14(16)18-4-2)15(17)11-8-6-5-7-9-12-15/h13,17H,3-12H2,1-2H3. The Morgan fingerprint density at radius 1 is 1.17 bits per heavy atom. The number of rotatable bonds is 5. The molecule has 106 valence electrons. The zero-order chi connectivity index (χ0) is 13.4. The third kappa shape index (κ3) is 4.27. The second kappa shape index (κ2) is 7.78. The van der Waals surface area contributed by atoms with Gasteiger partial charge in [-0.2, -0.15) is 0 Å². The number of carbonyl (C=O) groups excluding carboxylic acids is 1. The Bertz CT molecular complexity index is 242. The Morgan fingerprint density at radius 2 is 1.72 bits per heavy atom. The highest BCUT2D eigenvalue weighted by molar-refractivity contribution is 5.73. The zero-order valence-electron chi connectivity index (χ0n) is 11.9. The Morgan fingerprint density at radius 3 is 2.22 bits per heavy atom. The van der Waals surface area contributed by atoms with Crippen LogP contribution in [0.3, 0.4) is 0 Å². The molecule has 1 aliphatic rings. The first-order chi connectivity index (χ1) is 8.64. The predicted octanol–water partition coefficient (Wildman–Crippen LogP) is 3.44. The van der Waals surface area contributed by atoms with Crippen molar-refractivity contribution in [2.45, 2.75) is 77.2 Å². The van der Waals surface area contributed by atoms with Crippen LogP contribution < -0.4 is 0 Å². The average Bonchev–Trinajstić information content (AvgIpc) is 2.31. The maximum atomic E-state index is 12.1. The molecule has 18 heavy (non-hydrogen) atoms. The molecule has 1 aliphatic carbocycles. The van der Waals surface area contributed by atoms with Gasteiger partial charge in [0.05, 0.1) is 18.1 Å². The van der Waals surface area contributed by atoms with Gasteiger partial charge in [0.15, 0.2) is 0 Å². The molecule has 3 nitrogen and oxygen atoms in total. The molecular formula is C15H28O3. The molecule has 0 saturated heterocycles. The molecule has 0 aromatic carbocycles. The fourth-order valence-corrected chi connectivity index (χ4v) is 3.00. The summed E-state index contributed by atoms with van der Waals surface area (Å²) in [6.45, 7) is 4.27. The van der Waals surface area contributed by atoms with Crippen LogP contribution in [0.15, 0.2) is 0 Å². The quantitative estimate of drug-likeness (QED) is 0.766. The summed E-state index contributed by atoms with van der Waals surface area (Å²) in [7, 11) is 0. The monoisotopic (exact) mass is 256 g/mol. The van der Waals surface area contributed by atoms with E-state index in [0.717, 1.165) is 38.5 Å². The summed E-state index contributed by atoms with van der Waals surface area (Å²) in [5.74, 6) is -0.539. The van der Waals surface area contributed by atoms with E-state index in [9.17, 15) is 9.90 Å². The molecular weight excluding hydrogens is 228 g/mol. The first-order valence-corrected chi connectivity index (χ1v) is 7.53. The van der Waals surface area contributed by atoms with Crippen molar-refractivity contribution in [3.63, 3.8) is 0 Å². The van der Waals surface area contributed by atoms with Crippen molar-refractivity contribution in [3.8, 4) is 0 Å². The Hall–Kier alpha value is -0.570. The van der Waals surface area contributed by atoms with E-state index in [0.29, 0.717) is 6.61 Å². The van der Waals surface area contributed by atoms with Crippen molar-refractivity contribution < 1.29 is 14.6 Å². The van der Waals surface area contributed by atoms with Crippen LogP contribution in [0.5, 0.6) is 0 Å². The number of hydrogen-bond donors (Lipinski definition) is 1. The molecule has 0 bridgehead atoms. The molecule has 1 atom stereocenters. The van der Waals surface area contributed by atoms with Crippen molar-refractivity contribution in [1.29, 1.82) is 0 Å². The van der Waals surface area contributed by atoms with E-state index in [2.05, 4.69) is 6.92 Å². The molecule has 0 heterocycles. The van der Waals surface area contributed by atoms with E-state index >= 15 is 0 Å². The Kier molecular flexibility index (Phi) is 6.69. The summed E-state index contributed by atoms with van der Waals surface area (Å²) in [6.07, 6.45) is 8.78. The lowest BCUT2D eigenvalue weighted by atomic mass is 9.75. The molecule has 1 rings (SSSR count). The smallest absolute Gasteiger partial charge is 0.311 e. The summed E-state index contributed by atoms with van der Waals surface area (Å²) in [4.78, 5) is 12.1. The van der Waals surface area contributed by atoms with Gasteiger partial charge >= 0.3 is 5.97 Å². The highest BCUT2D eigenvalue weighted by Crippen LogP contribution is 2.35. The Balaban J connectivity index is 2.75. The predicted molar refractivity (Wildman–Crippen MR) is 72.3 cm³/mol. The molecule has 0 aliphatic heterocycles. The highest BCUT2D eigenvalue weighted by atomic mass is 16.5. The molecule has 0 radical (unpaired) electrons. The SMILES string of the molecule is CCCC(C(=O)OCC)C1(O)CCCCCCC1. The summed E-state index contributed by atoms with van der Waals surface area (Å²) in [5, 5.41) is 10.9. The van der Waals surface area contributed by atoms with Crippen molar-refractivity contribution in [2.75, 3.05) is 6.61 Å². The van der Waals surface area contributed by atoms with Crippen molar-refractivity contribution in [1.82, 2.24) is 0 Å². The molecule has 1 fully saturated rings. The summed E-state index contributed by atoms with van der Waals surface area (Å²) in [6, 6.07) is 0. The fraction of sp³-hybridized carbons (Fsp3) is 0.933. The first-order valence-electron chi connectivity index (χ1n) is 7.53. The van der Waals surface area contributed by atoms with E-state index < -0.39 is 5.60 Å². The lowest BCUT2D eigenvalue weighted by molar-refractivity contribution is -0.160. The third-order valence-electron chi connectivity index (χ3n) is 4.02. The minimum Gasteiger partial charge on any atom is -0.466 e. The maximum Gasteiger partial charge on any atom is 0.311 e. The normalized spacial score (nSPS) is 21.7. The summed E-state index contributed by atoms with van der Waals surface area (Å²) >= 11 is 0. The van der Waals surface area contributed by atoms with Crippen LogP contribution in [0.1, 0.15) is 71.6 Å². The van der Waals surface area contributed by atoms with Crippen LogP contribution in [0, 0.1) is 5.92 Å². The number of hydrogen-bond acceptors (Lipinski definition) is 3. The van der Waals surface area contributed by atoms with Gasteiger partial charge in [-0.15, -0.1) is 0 Å². The molecule has 1 saturated carbocycles. The fourth-order valence-electron chi connectivity index (χ4n) is 3.00. The van der Waals surface area contributed by atoms with Gasteiger partial charge in [0.1, 0.15) is 0 Å². The van der Waals surface area contributed by atoms with Crippen LogP contribution in [0.2, 0.25) is 0 Å². The number of esters is 1. The molecule has 3 heteroatoms. The van der Waals surface area contributed by atoms with Gasteiger partial charge in [-0.3, -0.25) is 4.79 Å². The molecule has 0 aromatic heterocycles. The lowest BCUT2D eigenvalue weighted by Gasteiger charge is -2.36. The Labute approximate surface area is 111 Å². The van der Waals surface area contributed by atoms with Crippen LogP contribution in [-0.2, 0) is 9.53 Å². The molecule has 0 aromatic rings. The van der Waals surface area contributed by atoms with Gasteiger partial charge in [0, 0.05) is 0 Å². The molecule has 1 unspecified atom stereocenters. The number of carbonyl (C=O) groups is 1. The van der Waals surface area contributed by atoms with Crippen LogP contribution in [-0.4, -0.2) is 23.3 Å².